The first-order valence-electron chi connectivity index (χ1n) is 11.8. The van der Waals surface area contributed by atoms with Crippen molar-refractivity contribution in [2.24, 2.45) is 5.92 Å². The van der Waals surface area contributed by atoms with Crippen LogP contribution in [-0.4, -0.2) is 27.0 Å². The highest BCUT2D eigenvalue weighted by Crippen LogP contribution is 2.55. The van der Waals surface area contributed by atoms with Gasteiger partial charge in [0.15, 0.2) is 0 Å². The minimum Gasteiger partial charge on any atom is -0.489 e. The summed E-state index contributed by atoms with van der Waals surface area (Å²) in [5, 5.41) is 11.9. The van der Waals surface area contributed by atoms with E-state index in [-0.39, 0.29) is 17.2 Å². The number of hydrogen-bond acceptors (Lipinski definition) is 8. The summed E-state index contributed by atoms with van der Waals surface area (Å²) in [5.41, 5.74) is 1.37. The average molecular weight is 580 g/mol. The van der Waals surface area contributed by atoms with Gasteiger partial charge in [0.2, 0.25) is 11.8 Å². The lowest BCUT2D eigenvalue weighted by Crippen LogP contribution is -2.32. The number of thioether (sulfide) groups is 1. The fraction of sp³-hybridized carbons (Fsp3) is 0.148. The molecule has 39 heavy (non-hydrogen) atoms. The molecule has 0 spiro atoms. The summed E-state index contributed by atoms with van der Waals surface area (Å²) in [6.07, 6.45) is 0. The number of para-hydroxylation sites is 1. The summed E-state index contributed by atoms with van der Waals surface area (Å²) in [4.78, 5) is 55.3. The molecular weight excluding hydrogens is 562 g/mol. The number of rotatable bonds is 6. The third kappa shape index (κ3) is 4.52. The lowest BCUT2D eigenvalue weighted by molar-refractivity contribution is -0.385. The van der Waals surface area contributed by atoms with Crippen LogP contribution in [0.25, 0.3) is 0 Å². The van der Waals surface area contributed by atoms with E-state index in [2.05, 4.69) is 4.98 Å². The summed E-state index contributed by atoms with van der Waals surface area (Å²) < 4.78 is 6.13. The molecule has 0 radical (unpaired) electrons. The Morgan fingerprint density at radius 2 is 1.79 bits per heavy atom. The molecule has 3 heterocycles. The number of thiazole rings is 1. The van der Waals surface area contributed by atoms with Crippen LogP contribution >= 0.6 is 34.7 Å². The number of anilines is 1. The molecule has 0 bridgehead atoms. The maximum absolute atomic E-state index is 13.9. The summed E-state index contributed by atoms with van der Waals surface area (Å²) in [6, 6.07) is 19.9. The Kier molecular flexibility index (Phi) is 6.49. The number of halogens is 1. The zero-order valence-electron chi connectivity index (χ0n) is 19.9. The maximum atomic E-state index is 13.9. The SMILES string of the molecule is O=C1[C@H]2[C@H](c3cc([N+](=O)[O-])ccc3OCc3cccc(Cl)c3)c3sc(=O)[nH]c3S[C@H]2C(=O)N1c1ccccc1. The number of carbonyl (C=O) groups excluding carboxylic acids is 2. The quantitative estimate of drug-likeness (QED) is 0.185. The Hall–Kier alpha value is -3.93. The average Bonchev–Trinajstić information content (AvgIpc) is 3.42. The number of nitrogens with zero attached hydrogens (tertiary/aromatic N) is 2. The number of H-pyrrole nitrogens is 1. The fourth-order valence-electron chi connectivity index (χ4n) is 5.00. The van der Waals surface area contributed by atoms with Crippen molar-refractivity contribution in [2.75, 3.05) is 4.90 Å². The summed E-state index contributed by atoms with van der Waals surface area (Å²) in [5.74, 6) is -2.27. The van der Waals surface area contributed by atoms with Gasteiger partial charge < -0.3 is 9.72 Å². The molecule has 1 saturated heterocycles. The molecule has 6 rings (SSSR count). The number of aromatic nitrogens is 1. The molecule has 2 aliphatic heterocycles. The van der Waals surface area contributed by atoms with Gasteiger partial charge in [0.05, 0.1) is 21.6 Å². The first-order chi connectivity index (χ1) is 18.8. The molecule has 3 atom stereocenters. The van der Waals surface area contributed by atoms with E-state index < -0.39 is 33.8 Å². The lowest BCUT2D eigenvalue weighted by Gasteiger charge is -2.30. The number of amides is 2. The van der Waals surface area contributed by atoms with E-state index in [0.717, 1.165) is 33.6 Å². The second-order valence-electron chi connectivity index (χ2n) is 9.00. The molecule has 2 aliphatic rings. The van der Waals surface area contributed by atoms with Crippen molar-refractivity contribution >= 4 is 57.9 Å². The Labute approximate surface area is 234 Å². The van der Waals surface area contributed by atoms with E-state index >= 15 is 0 Å². The van der Waals surface area contributed by atoms with Gasteiger partial charge >= 0.3 is 4.87 Å². The van der Waals surface area contributed by atoms with Gasteiger partial charge in [-0.05, 0) is 35.9 Å². The van der Waals surface area contributed by atoms with Crippen LogP contribution in [0.15, 0.2) is 82.6 Å². The smallest absolute Gasteiger partial charge is 0.305 e. The van der Waals surface area contributed by atoms with Crippen LogP contribution in [0.4, 0.5) is 11.4 Å². The third-order valence-electron chi connectivity index (χ3n) is 6.66. The highest BCUT2D eigenvalue weighted by Gasteiger charge is 2.57. The van der Waals surface area contributed by atoms with Crippen molar-refractivity contribution in [1.82, 2.24) is 4.98 Å². The van der Waals surface area contributed by atoms with E-state index in [1.165, 1.54) is 18.2 Å². The number of ether oxygens (including phenoxy) is 1. The zero-order valence-corrected chi connectivity index (χ0v) is 22.3. The second kappa shape index (κ2) is 9.99. The van der Waals surface area contributed by atoms with E-state index in [9.17, 15) is 24.5 Å². The van der Waals surface area contributed by atoms with Gasteiger partial charge in [0, 0.05) is 33.5 Å². The van der Waals surface area contributed by atoms with Gasteiger partial charge in [-0.15, -0.1) is 0 Å². The normalized spacial score (nSPS) is 20.0. The van der Waals surface area contributed by atoms with Crippen molar-refractivity contribution in [3.05, 3.63) is 114 Å². The van der Waals surface area contributed by atoms with Crippen molar-refractivity contribution in [3.63, 3.8) is 0 Å². The topological polar surface area (TPSA) is 123 Å². The van der Waals surface area contributed by atoms with Crippen LogP contribution in [0, 0.1) is 16.0 Å². The number of non-ortho nitro benzene ring substituents is 1. The van der Waals surface area contributed by atoms with Crippen LogP contribution in [0.5, 0.6) is 5.75 Å². The van der Waals surface area contributed by atoms with Crippen molar-refractivity contribution < 1.29 is 19.2 Å². The van der Waals surface area contributed by atoms with Gasteiger partial charge in [-0.25, -0.2) is 4.90 Å². The first-order valence-corrected chi connectivity index (χ1v) is 13.9. The molecule has 3 aromatic carbocycles. The number of carbonyl (C=O) groups is 2. The molecular formula is C27H18ClN3O6S2. The van der Waals surface area contributed by atoms with Crippen LogP contribution in [0.1, 0.15) is 21.9 Å². The van der Waals surface area contributed by atoms with Crippen molar-refractivity contribution in [3.8, 4) is 5.75 Å². The fourth-order valence-corrected chi connectivity index (χ4v) is 7.71. The standard InChI is InChI=1S/C27H18ClN3O6S2/c28-15-6-4-5-14(11-15)13-37-19-10-9-17(31(35)36)12-18(19)20-21-23(38-24-22(20)39-27(34)29-24)26(33)30(25(21)32)16-7-2-1-3-8-16/h1-12,20-21,23H,13H2,(H,29,34)/t20-,21-,23+/m0/s1. The van der Waals surface area contributed by atoms with E-state index in [1.807, 2.05) is 6.07 Å². The molecule has 0 unspecified atom stereocenters. The van der Waals surface area contributed by atoms with Crippen LogP contribution in [0.3, 0.4) is 0 Å². The van der Waals surface area contributed by atoms with E-state index in [0.29, 0.717) is 31.9 Å². The van der Waals surface area contributed by atoms with Crippen molar-refractivity contribution in [2.45, 2.75) is 22.8 Å². The predicted molar refractivity (Wildman–Crippen MR) is 148 cm³/mol. The van der Waals surface area contributed by atoms with E-state index in [1.54, 1.807) is 48.5 Å². The molecule has 12 heteroatoms. The number of benzene rings is 3. The van der Waals surface area contributed by atoms with E-state index in [4.69, 9.17) is 16.3 Å². The number of hydrogen-bond donors (Lipinski definition) is 1. The maximum Gasteiger partial charge on any atom is 0.305 e. The highest BCUT2D eigenvalue weighted by molar-refractivity contribution is 8.00. The van der Waals surface area contributed by atoms with Gasteiger partial charge in [0.1, 0.15) is 17.6 Å². The minimum absolute atomic E-state index is 0.111. The zero-order chi connectivity index (χ0) is 27.3. The number of fused-ring (bicyclic) bond motifs is 2. The molecule has 1 fully saturated rings. The first kappa shape index (κ1) is 25.4. The number of imide groups is 1. The largest absolute Gasteiger partial charge is 0.489 e. The molecule has 196 valence electrons. The monoisotopic (exact) mass is 579 g/mol. The predicted octanol–water partition coefficient (Wildman–Crippen LogP) is 5.37. The van der Waals surface area contributed by atoms with Gasteiger partial charge in [-0.3, -0.25) is 24.5 Å². The Morgan fingerprint density at radius 3 is 2.54 bits per heavy atom. The number of nitro benzene ring substituents is 1. The summed E-state index contributed by atoms with van der Waals surface area (Å²) in [6.45, 7) is 0.111. The van der Waals surface area contributed by atoms with Gasteiger partial charge in [-0.1, -0.05) is 65.0 Å². The third-order valence-corrected chi connectivity index (χ3v) is 9.30. The molecule has 0 saturated carbocycles. The molecule has 4 aromatic rings. The summed E-state index contributed by atoms with van der Waals surface area (Å²) in [7, 11) is 0. The Balaban J connectivity index is 1.48. The van der Waals surface area contributed by atoms with Crippen molar-refractivity contribution in [1.29, 1.82) is 0 Å². The number of nitro groups is 1. The molecule has 1 aromatic heterocycles. The molecule has 1 N–H and O–H groups in total. The number of aromatic amines is 1. The Bertz CT molecular complexity index is 1690. The second-order valence-corrected chi connectivity index (χ2v) is 11.6. The summed E-state index contributed by atoms with van der Waals surface area (Å²) >= 11 is 8.17. The minimum atomic E-state index is -0.905. The van der Waals surface area contributed by atoms with Gasteiger partial charge in [0.25, 0.3) is 5.69 Å². The van der Waals surface area contributed by atoms with Gasteiger partial charge in [-0.2, -0.15) is 0 Å². The molecule has 2 amide bonds. The van der Waals surface area contributed by atoms with Crippen LogP contribution in [-0.2, 0) is 16.2 Å². The molecule has 0 aliphatic carbocycles. The molecule has 9 nitrogen and oxygen atoms in total. The van der Waals surface area contributed by atoms with Crippen LogP contribution in [0.2, 0.25) is 5.02 Å². The lowest BCUT2D eigenvalue weighted by atomic mass is 9.82. The highest BCUT2D eigenvalue weighted by atomic mass is 35.5. The van der Waals surface area contributed by atoms with Crippen LogP contribution < -0.4 is 14.5 Å². The number of nitrogens with one attached hydrogen (secondary N) is 1. The Morgan fingerprint density at radius 1 is 1.00 bits per heavy atom.